The maximum atomic E-state index is 13.4. The summed E-state index contributed by atoms with van der Waals surface area (Å²) in [6.45, 7) is 0. The van der Waals surface area contributed by atoms with E-state index in [1.807, 2.05) is 12.1 Å². The molecule has 164 valence electrons. The Morgan fingerprint density at radius 2 is 1.72 bits per heavy atom. The number of imidazole rings is 1. The zero-order valence-electron chi connectivity index (χ0n) is 17.5. The molecule has 1 aromatic carbocycles. The summed E-state index contributed by atoms with van der Waals surface area (Å²) in [6.07, 6.45) is 6.59. The van der Waals surface area contributed by atoms with Crippen LogP contribution in [0.2, 0.25) is 10.2 Å². The minimum absolute atomic E-state index is 0.00339. The fourth-order valence-corrected chi connectivity index (χ4v) is 4.84. The van der Waals surface area contributed by atoms with Crippen LogP contribution < -0.4 is 11.2 Å². The van der Waals surface area contributed by atoms with Gasteiger partial charge in [0.05, 0.1) is 5.56 Å². The first kappa shape index (κ1) is 21.0. The van der Waals surface area contributed by atoms with Crippen molar-refractivity contribution in [1.82, 2.24) is 23.7 Å². The molecular weight excluding hydrogens is 449 g/mol. The molecule has 0 unspecified atom stereocenters. The highest BCUT2D eigenvalue weighted by Crippen LogP contribution is 2.33. The van der Waals surface area contributed by atoms with Crippen LogP contribution >= 0.6 is 23.2 Å². The summed E-state index contributed by atoms with van der Waals surface area (Å²) in [5.74, 6) is 0.452. The summed E-state index contributed by atoms with van der Waals surface area (Å²) < 4.78 is 4.60. The Kier molecular flexibility index (Phi) is 5.39. The number of halogens is 2. The van der Waals surface area contributed by atoms with Gasteiger partial charge in [0.1, 0.15) is 5.15 Å². The van der Waals surface area contributed by atoms with E-state index in [0.717, 1.165) is 32.1 Å². The molecule has 0 N–H and O–H groups in total. The fourth-order valence-electron chi connectivity index (χ4n) is 4.51. The van der Waals surface area contributed by atoms with Crippen molar-refractivity contribution < 1.29 is 0 Å². The number of fused-ring (bicyclic) bond motifs is 1. The summed E-state index contributed by atoms with van der Waals surface area (Å²) in [5.41, 5.74) is 1.21. The van der Waals surface area contributed by atoms with Gasteiger partial charge in [0.15, 0.2) is 17.0 Å². The first-order valence-corrected chi connectivity index (χ1v) is 11.3. The van der Waals surface area contributed by atoms with Crippen molar-refractivity contribution in [2.24, 2.45) is 7.05 Å². The largest absolute Gasteiger partial charge is 0.332 e. The number of pyridine rings is 1. The lowest BCUT2D eigenvalue weighted by molar-refractivity contribution is 0.345. The molecule has 1 fully saturated rings. The number of hydrogen-bond donors (Lipinski definition) is 0. The highest BCUT2D eigenvalue weighted by Gasteiger charge is 2.27. The van der Waals surface area contributed by atoms with Crippen LogP contribution in [0.4, 0.5) is 0 Å². The lowest BCUT2D eigenvalue weighted by atomic mass is 9.95. The minimum atomic E-state index is -0.411. The predicted octanol–water partition coefficient (Wildman–Crippen LogP) is 4.76. The Morgan fingerprint density at radius 1 is 1.00 bits per heavy atom. The van der Waals surface area contributed by atoms with Crippen molar-refractivity contribution in [1.29, 1.82) is 0 Å². The summed E-state index contributed by atoms with van der Waals surface area (Å²) in [5, 5.41) is 0.840. The third-order valence-electron chi connectivity index (χ3n) is 6.11. The van der Waals surface area contributed by atoms with E-state index in [2.05, 4.69) is 4.98 Å². The second-order valence-corrected chi connectivity index (χ2v) is 8.86. The van der Waals surface area contributed by atoms with Crippen LogP contribution in [0.3, 0.4) is 0 Å². The number of benzene rings is 1. The van der Waals surface area contributed by atoms with Gasteiger partial charge in [-0.2, -0.15) is 0 Å². The molecule has 5 rings (SSSR count). The smallest absolute Gasteiger partial charge is 0.286 e. The molecule has 1 aliphatic rings. The van der Waals surface area contributed by atoms with Crippen LogP contribution in [0.15, 0.2) is 52.2 Å². The number of nitrogens with zero attached hydrogens (tertiary/aromatic N) is 5. The van der Waals surface area contributed by atoms with Crippen LogP contribution in [-0.4, -0.2) is 23.7 Å². The molecule has 0 bridgehead atoms. The van der Waals surface area contributed by atoms with Crippen LogP contribution in [-0.2, 0) is 7.05 Å². The average molecular weight is 470 g/mol. The Balaban J connectivity index is 1.93. The normalized spacial score (nSPS) is 14.8. The van der Waals surface area contributed by atoms with Gasteiger partial charge in [-0.25, -0.2) is 14.8 Å². The zero-order valence-corrected chi connectivity index (χ0v) is 19.0. The lowest BCUT2D eigenvalue weighted by Gasteiger charge is -2.24. The second-order valence-electron chi connectivity index (χ2n) is 8.07. The van der Waals surface area contributed by atoms with Crippen molar-refractivity contribution in [2.45, 2.75) is 38.1 Å². The van der Waals surface area contributed by atoms with Gasteiger partial charge in [-0.15, -0.1) is 0 Å². The van der Waals surface area contributed by atoms with E-state index in [4.69, 9.17) is 28.2 Å². The molecule has 0 atom stereocenters. The van der Waals surface area contributed by atoms with Crippen molar-refractivity contribution in [3.63, 3.8) is 0 Å². The third-order valence-corrected chi connectivity index (χ3v) is 6.67. The lowest BCUT2D eigenvalue weighted by Crippen LogP contribution is -2.40. The predicted molar refractivity (Wildman–Crippen MR) is 126 cm³/mol. The van der Waals surface area contributed by atoms with Crippen molar-refractivity contribution in [3.8, 4) is 17.1 Å². The Bertz CT molecular complexity index is 1430. The van der Waals surface area contributed by atoms with E-state index >= 15 is 0 Å². The van der Waals surface area contributed by atoms with Crippen LogP contribution in [0, 0.1) is 0 Å². The molecular formula is C23H21Cl2N5O2. The quantitative estimate of drug-likeness (QED) is 0.405. The number of aromatic nitrogens is 5. The van der Waals surface area contributed by atoms with Crippen molar-refractivity contribution in [3.05, 3.63) is 73.6 Å². The molecule has 0 aliphatic heterocycles. The van der Waals surface area contributed by atoms with Gasteiger partial charge in [0.25, 0.3) is 5.56 Å². The molecule has 32 heavy (non-hydrogen) atoms. The molecule has 0 spiro atoms. The second kappa shape index (κ2) is 8.22. The summed E-state index contributed by atoms with van der Waals surface area (Å²) in [6, 6.07) is 10.7. The Morgan fingerprint density at radius 3 is 2.41 bits per heavy atom. The summed E-state index contributed by atoms with van der Waals surface area (Å²) >= 11 is 12.5. The third kappa shape index (κ3) is 3.36. The van der Waals surface area contributed by atoms with E-state index in [9.17, 15) is 9.59 Å². The SMILES string of the molecule is Cn1c(=O)c2c(nc(-c3cccnc3Cl)n2-c2ccc(Cl)cc2)n(C2CCCCC2)c1=O. The Labute approximate surface area is 193 Å². The van der Waals surface area contributed by atoms with Crippen LogP contribution in [0.25, 0.3) is 28.2 Å². The maximum Gasteiger partial charge on any atom is 0.332 e. The monoisotopic (exact) mass is 469 g/mol. The molecule has 0 saturated heterocycles. The highest BCUT2D eigenvalue weighted by atomic mass is 35.5. The molecule has 1 aliphatic carbocycles. The minimum Gasteiger partial charge on any atom is -0.286 e. The molecule has 7 nitrogen and oxygen atoms in total. The average Bonchev–Trinajstić information content (AvgIpc) is 3.19. The van der Waals surface area contributed by atoms with Gasteiger partial charge in [-0.3, -0.25) is 18.5 Å². The van der Waals surface area contributed by atoms with E-state index in [1.165, 1.54) is 11.6 Å². The van der Waals surface area contributed by atoms with Crippen molar-refractivity contribution in [2.75, 3.05) is 0 Å². The van der Waals surface area contributed by atoms with Gasteiger partial charge in [0, 0.05) is 30.0 Å². The highest BCUT2D eigenvalue weighted by molar-refractivity contribution is 6.32. The van der Waals surface area contributed by atoms with E-state index < -0.39 is 5.56 Å². The van der Waals surface area contributed by atoms with Gasteiger partial charge in [-0.05, 0) is 49.2 Å². The summed E-state index contributed by atoms with van der Waals surface area (Å²) in [7, 11) is 1.51. The number of hydrogen-bond acceptors (Lipinski definition) is 4. The molecule has 0 radical (unpaired) electrons. The van der Waals surface area contributed by atoms with Gasteiger partial charge < -0.3 is 0 Å². The van der Waals surface area contributed by atoms with Crippen molar-refractivity contribution >= 4 is 34.4 Å². The van der Waals surface area contributed by atoms with E-state index in [0.29, 0.717) is 33.3 Å². The molecule has 3 heterocycles. The topological polar surface area (TPSA) is 74.7 Å². The first-order chi connectivity index (χ1) is 15.5. The van der Waals surface area contributed by atoms with Gasteiger partial charge >= 0.3 is 5.69 Å². The zero-order chi connectivity index (χ0) is 22.4. The van der Waals surface area contributed by atoms with E-state index in [-0.39, 0.29) is 16.9 Å². The maximum absolute atomic E-state index is 13.4. The molecule has 3 aromatic heterocycles. The van der Waals surface area contributed by atoms with E-state index in [1.54, 1.807) is 39.6 Å². The van der Waals surface area contributed by atoms with Gasteiger partial charge in [-0.1, -0.05) is 42.5 Å². The first-order valence-electron chi connectivity index (χ1n) is 10.6. The summed E-state index contributed by atoms with van der Waals surface area (Å²) in [4.78, 5) is 35.6. The van der Waals surface area contributed by atoms with Gasteiger partial charge in [0.2, 0.25) is 0 Å². The van der Waals surface area contributed by atoms with Crippen LogP contribution in [0.5, 0.6) is 0 Å². The standard InChI is InChI=1S/C23H21Cl2N5O2/c1-28-22(31)18-21(30(23(28)32)15-6-3-2-4-7-15)27-20(17-8-5-13-26-19(17)25)29(18)16-11-9-14(24)10-12-16/h5,8-13,15H,2-4,6-7H2,1H3. The molecule has 4 aromatic rings. The molecule has 9 heteroatoms. The number of rotatable bonds is 3. The fraction of sp³-hybridized carbons (Fsp3) is 0.304. The van der Waals surface area contributed by atoms with Crippen LogP contribution in [0.1, 0.15) is 38.1 Å². The molecule has 0 amide bonds. The molecule has 1 saturated carbocycles. The Hall–Kier alpha value is -2.90.